The largest absolute Gasteiger partial charge is 0.495 e. The highest BCUT2D eigenvalue weighted by atomic mass is 32.2. The topological polar surface area (TPSA) is 89.6 Å². The van der Waals surface area contributed by atoms with Gasteiger partial charge >= 0.3 is 0 Å². The number of hydrogen-bond acceptors (Lipinski definition) is 4. The zero-order valence-corrected chi connectivity index (χ0v) is 8.41. The summed E-state index contributed by atoms with van der Waals surface area (Å²) in [6, 6.07) is 4.26. The molecular formula is C8H11NO4S. The van der Waals surface area contributed by atoms with Gasteiger partial charge in [-0.25, -0.2) is 0 Å². The molecule has 0 aliphatic heterocycles. The average Bonchev–Trinajstić information content (AvgIpc) is 2.15. The van der Waals surface area contributed by atoms with Crippen molar-refractivity contribution in [3.8, 4) is 5.75 Å². The van der Waals surface area contributed by atoms with Crippen molar-refractivity contribution in [3.05, 3.63) is 23.8 Å². The van der Waals surface area contributed by atoms with E-state index < -0.39 is 10.1 Å². The highest BCUT2D eigenvalue weighted by Crippen LogP contribution is 2.24. The van der Waals surface area contributed by atoms with E-state index >= 15 is 0 Å². The molecule has 0 heterocycles. The van der Waals surface area contributed by atoms with E-state index in [2.05, 4.69) is 0 Å². The normalized spacial score (nSPS) is 11.4. The van der Waals surface area contributed by atoms with Gasteiger partial charge in [0.2, 0.25) is 0 Å². The van der Waals surface area contributed by atoms with Crippen LogP contribution in [-0.4, -0.2) is 20.1 Å². The summed E-state index contributed by atoms with van der Waals surface area (Å²) >= 11 is 0. The summed E-state index contributed by atoms with van der Waals surface area (Å²) in [4.78, 5) is -0.253. The molecule has 0 aliphatic rings. The molecule has 0 radical (unpaired) electrons. The number of methoxy groups -OCH3 is 1. The Bertz CT molecular complexity index is 427. The fourth-order valence-electron chi connectivity index (χ4n) is 1.05. The first-order valence-corrected chi connectivity index (χ1v) is 5.27. The molecule has 0 spiro atoms. The molecule has 3 N–H and O–H groups in total. The van der Waals surface area contributed by atoms with E-state index in [1.807, 2.05) is 0 Å². The molecule has 0 aromatic heterocycles. The van der Waals surface area contributed by atoms with Crippen LogP contribution in [0.15, 0.2) is 23.1 Å². The molecule has 1 aromatic rings. The molecule has 1 rings (SSSR count). The van der Waals surface area contributed by atoms with E-state index in [-0.39, 0.29) is 17.2 Å². The lowest BCUT2D eigenvalue weighted by Crippen LogP contribution is -2.03. The van der Waals surface area contributed by atoms with Crippen LogP contribution in [0.5, 0.6) is 5.75 Å². The van der Waals surface area contributed by atoms with E-state index in [0.717, 1.165) is 5.56 Å². The lowest BCUT2D eigenvalue weighted by Gasteiger charge is -2.07. The summed E-state index contributed by atoms with van der Waals surface area (Å²) in [6.45, 7) is 0.280. The number of rotatable bonds is 3. The summed E-state index contributed by atoms with van der Waals surface area (Å²) in [5, 5.41) is 0. The average molecular weight is 217 g/mol. The van der Waals surface area contributed by atoms with Gasteiger partial charge in [-0.15, -0.1) is 0 Å². The van der Waals surface area contributed by atoms with Gasteiger partial charge in [-0.3, -0.25) is 4.55 Å². The molecule has 0 atom stereocenters. The minimum absolute atomic E-state index is 0.0930. The third-order valence-corrected chi connectivity index (χ3v) is 2.63. The Kier molecular flexibility index (Phi) is 3.10. The standard InChI is InChI=1S/C8H11NO4S/c1-13-7-4-6(5-9)2-3-8(7)14(10,11)12/h2-4H,5,9H2,1H3,(H,10,11,12). The van der Waals surface area contributed by atoms with Gasteiger partial charge in [-0.05, 0) is 17.7 Å². The minimum Gasteiger partial charge on any atom is -0.495 e. The first-order chi connectivity index (χ1) is 6.49. The van der Waals surface area contributed by atoms with Crippen molar-refractivity contribution in [1.29, 1.82) is 0 Å². The van der Waals surface area contributed by atoms with E-state index in [1.165, 1.54) is 25.3 Å². The van der Waals surface area contributed by atoms with Gasteiger partial charge in [0.05, 0.1) is 7.11 Å². The molecule has 0 bridgehead atoms. The molecule has 78 valence electrons. The van der Waals surface area contributed by atoms with Gasteiger partial charge in [-0.2, -0.15) is 8.42 Å². The number of hydrogen-bond donors (Lipinski definition) is 2. The van der Waals surface area contributed by atoms with Crippen LogP contribution in [0, 0.1) is 0 Å². The number of benzene rings is 1. The van der Waals surface area contributed by atoms with E-state index in [9.17, 15) is 8.42 Å². The molecule has 0 aliphatic carbocycles. The van der Waals surface area contributed by atoms with Gasteiger partial charge in [0.25, 0.3) is 10.1 Å². The Morgan fingerprint density at radius 1 is 1.50 bits per heavy atom. The van der Waals surface area contributed by atoms with Crippen LogP contribution in [0.25, 0.3) is 0 Å². The second kappa shape index (κ2) is 3.95. The van der Waals surface area contributed by atoms with Crippen molar-refractivity contribution in [2.75, 3.05) is 7.11 Å². The predicted molar refractivity (Wildman–Crippen MR) is 50.7 cm³/mol. The van der Waals surface area contributed by atoms with Crippen LogP contribution in [0.1, 0.15) is 5.56 Å². The summed E-state index contributed by atoms with van der Waals surface area (Å²) < 4.78 is 35.4. The molecule has 0 saturated heterocycles. The first kappa shape index (κ1) is 11.0. The molecule has 6 heteroatoms. The Balaban J connectivity index is 3.33. The molecule has 14 heavy (non-hydrogen) atoms. The van der Waals surface area contributed by atoms with E-state index in [1.54, 1.807) is 0 Å². The highest BCUT2D eigenvalue weighted by Gasteiger charge is 2.15. The van der Waals surface area contributed by atoms with Crippen molar-refractivity contribution < 1.29 is 17.7 Å². The van der Waals surface area contributed by atoms with Crippen LogP contribution in [0.3, 0.4) is 0 Å². The Morgan fingerprint density at radius 2 is 2.14 bits per heavy atom. The summed E-state index contributed by atoms with van der Waals surface area (Å²) in [6.07, 6.45) is 0. The highest BCUT2D eigenvalue weighted by molar-refractivity contribution is 7.86. The smallest absolute Gasteiger partial charge is 0.298 e. The quantitative estimate of drug-likeness (QED) is 0.715. The maximum atomic E-state index is 10.9. The summed E-state index contributed by atoms with van der Waals surface area (Å²) in [5.74, 6) is 0.0930. The molecule has 0 amide bonds. The second-order valence-corrected chi connectivity index (χ2v) is 4.05. The van der Waals surface area contributed by atoms with Crippen LogP contribution < -0.4 is 10.5 Å². The number of nitrogens with two attached hydrogens (primary N) is 1. The zero-order valence-electron chi connectivity index (χ0n) is 7.60. The van der Waals surface area contributed by atoms with Gasteiger partial charge in [0, 0.05) is 6.54 Å². The van der Waals surface area contributed by atoms with Crippen LogP contribution >= 0.6 is 0 Å². The van der Waals surface area contributed by atoms with Crippen LogP contribution in [0.4, 0.5) is 0 Å². The van der Waals surface area contributed by atoms with Crippen molar-refractivity contribution in [2.24, 2.45) is 5.73 Å². The predicted octanol–water partition coefficient (Wildman–Crippen LogP) is 0.401. The van der Waals surface area contributed by atoms with Gasteiger partial charge < -0.3 is 10.5 Å². The monoisotopic (exact) mass is 217 g/mol. The summed E-state index contributed by atoms with van der Waals surface area (Å²) in [7, 11) is -2.91. The fourth-order valence-corrected chi connectivity index (χ4v) is 1.69. The third-order valence-electron chi connectivity index (χ3n) is 1.74. The van der Waals surface area contributed by atoms with Gasteiger partial charge in [0.15, 0.2) is 0 Å². The van der Waals surface area contributed by atoms with Crippen molar-refractivity contribution in [2.45, 2.75) is 11.4 Å². The molecule has 5 nitrogen and oxygen atoms in total. The number of ether oxygens (including phenoxy) is 1. The minimum atomic E-state index is -4.24. The van der Waals surface area contributed by atoms with Crippen LogP contribution in [-0.2, 0) is 16.7 Å². The Morgan fingerprint density at radius 3 is 2.57 bits per heavy atom. The van der Waals surface area contributed by atoms with Crippen LogP contribution in [0.2, 0.25) is 0 Å². The van der Waals surface area contributed by atoms with Crippen molar-refractivity contribution in [3.63, 3.8) is 0 Å². The maximum absolute atomic E-state index is 10.9. The molecule has 0 fully saturated rings. The van der Waals surface area contributed by atoms with Crippen molar-refractivity contribution in [1.82, 2.24) is 0 Å². The molecule has 0 saturated carbocycles. The second-order valence-electron chi connectivity index (χ2n) is 2.66. The molecular weight excluding hydrogens is 206 g/mol. The Hall–Kier alpha value is -1.11. The molecule has 1 aromatic carbocycles. The maximum Gasteiger partial charge on any atom is 0.298 e. The molecule has 0 unspecified atom stereocenters. The van der Waals surface area contributed by atoms with E-state index in [4.69, 9.17) is 15.0 Å². The lowest BCUT2D eigenvalue weighted by molar-refractivity contribution is 0.397. The van der Waals surface area contributed by atoms with Gasteiger partial charge in [0.1, 0.15) is 10.6 Å². The zero-order chi connectivity index (χ0) is 10.8. The lowest BCUT2D eigenvalue weighted by atomic mass is 10.2. The van der Waals surface area contributed by atoms with E-state index in [0.29, 0.717) is 0 Å². The third kappa shape index (κ3) is 2.22. The SMILES string of the molecule is COc1cc(CN)ccc1S(=O)(=O)O. The Labute approximate surface area is 82.2 Å². The summed E-state index contributed by atoms with van der Waals surface area (Å²) in [5.41, 5.74) is 6.10. The fraction of sp³-hybridized carbons (Fsp3) is 0.250. The van der Waals surface area contributed by atoms with Crippen molar-refractivity contribution >= 4 is 10.1 Å². The first-order valence-electron chi connectivity index (χ1n) is 3.83. The van der Waals surface area contributed by atoms with Gasteiger partial charge in [-0.1, -0.05) is 6.07 Å².